The number of hydrogen-bond acceptors (Lipinski definition) is 6. The molecule has 9 heteroatoms. The minimum Gasteiger partial charge on any atom is -0.345 e. The second-order valence-corrected chi connectivity index (χ2v) is 8.14. The van der Waals surface area contributed by atoms with Gasteiger partial charge in [-0.05, 0) is 38.0 Å². The van der Waals surface area contributed by atoms with E-state index in [9.17, 15) is 13.2 Å². The van der Waals surface area contributed by atoms with E-state index in [1.165, 1.54) is 4.31 Å². The van der Waals surface area contributed by atoms with Crippen LogP contribution in [-0.4, -0.2) is 41.9 Å². The summed E-state index contributed by atoms with van der Waals surface area (Å²) in [6, 6.07) is 6.30. The molecule has 0 fully saturated rings. The third-order valence-corrected chi connectivity index (χ3v) is 6.26. The Balaban J connectivity index is 1.92. The average molecular weight is 394 g/mol. The number of rotatable bonds is 9. The predicted molar refractivity (Wildman–Crippen MR) is 100 cm³/mol. The molecule has 0 saturated heterocycles. The highest BCUT2D eigenvalue weighted by Crippen LogP contribution is 2.17. The van der Waals surface area contributed by atoms with E-state index in [2.05, 4.69) is 15.5 Å². The lowest BCUT2D eigenvalue weighted by Gasteiger charge is -2.18. The molecule has 27 heavy (non-hydrogen) atoms. The summed E-state index contributed by atoms with van der Waals surface area (Å²) in [6.45, 7) is 7.97. The first kappa shape index (κ1) is 21.0. The van der Waals surface area contributed by atoms with Gasteiger partial charge in [0.1, 0.15) is 6.04 Å². The highest BCUT2D eigenvalue weighted by Gasteiger charge is 2.21. The van der Waals surface area contributed by atoms with Crippen LogP contribution in [0.25, 0.3) is 0 Å². The minimum absolute atomic E-state index is 0.141. The lowest BCUT2D eigenvalue weighted by molar-refractivity contribution is -0.121. The van der Waals surface area contributed by atoms with Crippen molar-refractivity contribution in [3.05, 3.63) is 41.5 Å². The maximum Gasteiger partial charge on any atom is 0.248 e. The maximum absolute atomic E-state index is 12.5. The zero-order valence-corrected chi connectivity index (χ0v) is 16.9. The highest BCUT2D eigenvalue weighted by atomic mass is 32.2. The Kier molecular flexibility index (Phi) is 7.09. The van der Waals surface area contributed by atoms with Crippen LogP contribution in [0.4, 0.5) is 0 Å². The summed E-state index contributed by atoms with van der Waals surface area (Å²) in [4.78, 5) is 16.4. The van der Waals surface area contributed by atoms with Crippen LogP contribution in [-0.2, 0) is 21.2 Å². The number of carbonyl (C=O) groups excluding carboxylic acids is 1. The summed E-state index contributed by atoms with van der Waals surface area (Å²) in [6.07, 6.45) is 0.784. The molecule has 0 spiro atoms. The molecule has 0 aliphatic carbocycles. The van der Waals surface area contributed by atoms with Gasteiger partial charge in [-0.1, -0.05) is 31.1 Å². The first-order chi connectivity index (χ1) is 12.8. The van der Waals surface area contributed by atoms with Gasteiger partial charge in [-0.25, -0.2) is 8.42 Å². The quantitative estimate of drug-likeness (QED) is 0.699. The molecule has 0 radical (unpaired) electrons. The Hall–Kier alpha value is -2.26. The van der Waals surface area contributed by atoms with E-state index >= 15 is 0 Å². The Morgan fingerprint density at radius 2 is 1.85 bits per heavy atom. The maximum atomic E-state index is 12.5. The van der Waals surface area contributed by atoms with Crippen molar-refractivity contribution in [3.63, 3.8) is 0 Å². The monoisotopic (exact) mass is 394 g/mol. The van der Waals surface area contributed by atoms with Crippen molar-refractivity contribution in [1.29, 1.82) is 0 Å². The zero-order valence-electron chi connectivity index (χ0n) is 16.1. The summed E-state index contributed by atoms with van der Waals surface area (Å²) in [5.41, 5.74) is 0.893. The molecular weight excluding hydrogens is 368 g/mol. The molecule has 1 heterocycles. The van der Waals surface area contributed by atoms with Crippen molar-refractivity contribution in [2.24, 2.45) is 0 Å². The molecule has 1 aromatic carbocycles. The van der Waals surface area contributed by atoms with Crippen molar-refractivity contribution in [2.45, 2.75) is 51.5 Å². The Bertz CT molecular complexity index is 858. The summed E-state index contributed by atoms with van der Waals surface area (Å²) < 4.78 is 31.4. The molecule has 1 amide bonds. The molecule has 0 saturated carbocycles. The third kappa shape index (κ3) is 5.36. The number of benzene rings is 1. The van der Waals surface area contributed by atoms with Crippen LogP contribution in [0.5, 0.6) is 0 Å². The molecule has 0 bridgehead atoms. The van der Waals surface area contributed by atoms with Gasteiger partial charge in [0.2, 0.25) is 21.8 Å². The van der Waals surface area contributed by atoms with Crippen LogP contribution in [0, 0.1) is 6.92 Å². The molecule has 1 unspecified atom stereocenters. The Labute approximate surface area is 160 Å². The number of nitrogens with one attached hydrogen (secondary N) is 1. The molecular formula is C18H26N4O4S. The zero-order chi connectivity index (χ0) is 20.0. The van der Waals surface area contributed by atoms with Gasteiger partial charge in [-0.3, -0.25) is 4.79 Å². The van der Waals surface area contributed by atoms with Crippen molar-refractivity contribution < 1.29 is 17.7 Å². The van der Waals surface area contributed by atoms with Crippen LogP contribution < -0.4 is 5.32 Å². The summed E-state index contributed by atoms with van der Waals surface area (Å²) in [7, 11) is -3.46. The van der Waals surface area contributed by atoms with Crippen LogP contribution in [0.2, 0.25) is 0 Å². The number of carbonyl (C=O) groups is 1. The summed E-state index contributed by atoms with van der Waals surface area (Å²) >= 11 is 0. The summed E-state index contributed by atoms with van der Waals surface area (Å²) in [5, 5.41) is 6.51. The van der Waals surface area contributed by atoms with Crippen LogP contribution in [0.15, 0.2) is 33.7 Å². The molecule has 2 aromatic rings. The number of aryl methyl sites for hydroxylation is 2. The van der Waals surface area contributed by atoms with Gasteiger partial charge < -0.3 is 9.84 Å². The van der Waals surface area contributed by atoms with Crippen molar-refractivity contribution >= 4 is 15.9 Å². The minimum atomic E-state index is -3.46. The standard InChI is InChI=1S/C18H26N4O4S/c1-5-22(6-2)27(24,25)16-10-7-15(8-11-16)9-12-17(23)19-13(3)18-20-14(4)21-26-18/h7-8,10-11,13H,5-6,9,12H2,1-4H3,(H,19,23). The van der Waals surface area contributed by atoms with E-state index in [1.54, 1.807) is 38.1 Å². The van der Waals surface area contributed by atoms with Gasteiger partial charge in [0.05, 0.1) is 4.90 Å². The van der Waals surface area contributed by atoms with Crippen molar-refractivity contribution in [2.75, 3.05) is 13.1 Å². The topological polar surface area (TPSA) is 105 Å². The fourth-order valence-corrected chi connectivity index (χ4v) is 4.12. The first-order valence-corrected chi connectivity index (χ1v) is 10.4. The molecule has 148 valence electrons. The third-order valence-electron chi connectivity index (χ3n) is 4.20. The number of sulfonamides is 1. The van der Waals surface area contributed by atoms with E-state index < -0.39 is 10.0 Å². The highest BCUT2D eigenvalue weighted by molar-refractivity contribution is 7.89. The van der Waals surface area contributed by atoms with Gasteiger partial charge in [0.25, 0.3) is 0 Å². The van der Waals surface area contributed by atoms with E-state index in [4.69, 9.17) is 4.52 Å². The SMILES string of the molecule is CCN(CC)S(=O)(=O)c1ccc(CCC(=O)NC(C)c2nc(C)no2)cc1. The molecule has 2 rings (SSSR count). The molecule has 1 aromatic heterocycles. The largest absolute Gasteiger partial charge is 0.345 e. The molecule has 1 atom stereocenters. The smallest absolute Gasteiger partial charge is 0.248 e. The fourth-order valence-electron chi connectivity index (χ4n) is 2.66. The lowest BCUT2D eigenvalue weighted by atomic mass is 10.1. The van der Waals surface area contributed by atoms with Crippen LogP contribution in [0.1, 0.15) is 50.5 Å². The van der Waals surface area contributed by atoms with Gasteiger partial charge in [-0.15, -0.1) is 0 Å². The van der Waals surface area contributed by atoms with Crippen LogP contribution >= 0.6 is 0 Å². The Morgan fingerprint density at radius 3 is 2.37 bits per heavy atom. The van der Waals surface area contributed by atoms with Crippen molar-refractivity contribution in [3.8, 4) is 0 Å². The van der Waals surface area contributed by atoms with E-state index in [0.29, 0.717) is 31.2 Å². The van der Waals surface area contributed by atoms with E-state index in [-0.39, 0.29) is 23.3 Å². The number of amides is 1. The van der Waals surface area contributed by atoms with Gasteiger partial charge >= 0.3 is 0 Å². The number of aromatic nitrogens is 2. The normalized spacial score (nSPS) is 12.9. The predicted octanol–water partition coefficient (Wildman–Crippen LogP) is 2.22. The lowest BCUT2D eigenvalue weighted by Crippen LogP contribution is -2.30. The molecule has 0 aliphatic rings. The second-order valence-electron chi connectivity index (χ2n) is 6.20. The van der Waals surface area contributed by atoms with Gasteiger partial charge in [0, 0.05) is 19.5 Å². The molecule has 0 aliphatic heterocycles. The first-order valence-electron chi connectivity index (χ1n) is 8.96. The Morgan fingerprint density at radius 1 is 1.22 bits per heavy atom. The number of hydrogen-bond donors (Lipinski definition) is 1. The summed E-state index contributed by atoms with van der Waals surface area (Å²) in [5.74, 6) is 0.746. The second kappa shape index (κ2) is 9.09. The molecule has 1 N–H and O–H groups in total. The van der Waals surface area contributed by atoms with E-state index in [1.807, 2.05) is 13.8 Å². The van der Waals surface area contributed by atoms with Crippen LogP contribution in [0.3, 0.4) is 0 Å². The molecule has 8 nitrogen and oxygen atoms in total. The van der Waals surface area contributed by atoms with E-state index in [0.717, 1.165) is 5.56 Å². The van der Waals surface area contributed by atoms with Crippen molar-refractivity contribution in [1.82, 2.24) is 19.8 Å². The average Bonchev–Trinajstić information content (AvgIpc) is 3.08. The number of nitrogens with zero attached hydrogens (tertiary/aromatic N) is 3. The fraction of sp³-hybridized carbons (Fsp3) is 0.500. The van der Waals surface area contributed by atoms with Gasteiger partial charge in [-0.2, -0.15) is 9.29 Å². The van der Waals surface area contributed by atoms with Gasteiger partial charge in [0.15, 0.2) is 5.82 Å².